The molecular formula is C12H18N4O2S. The van der Waals surface area contributed by atoms with Gasteiger partial charge in [-0.05, 0) is 19.3 Å². The quantitative estimate of drug-likeness (QED) is 0.856. The van der Waals surface area contributed by atoms with Crippen LogP contribution in [0.5, 0.6) is 0 Å². The molecule has 1 unspecified atom stereocenters. The molecule has 0 bridgehead atoms. The van der Waals surface area contributed by atoms with Crippen molar-refractivity contribution in [3.8, 4) is 0 Å². The number of nitrogens with one attached hydrogen (secondary N) is 1. The number of nitrogens with two attached hydrogens (primary N) is 1. The lowest BCUT2D eigenvalue weighted by atomic mass is 10.0. The summed E-state index contributed by atoms with van der Waals surface area (Å²) in [6, 6.07) is -0.345. The van der Waals surface area contributed by atoms with Crippen LogP contribution in [0.25, 0.3) is 0 Å². The maximum atomic E-state index is 12.1. The van der Waals surface area contributed by atoms with Crippen LogP contribution in [0, 0.1) is 0 Å². The zero-order valence-electron chi connectivity index (χ0n) is 10.9. The second-order valence-electron chi connectivity index (χ2n) is 4.62. The fourth-order valence-corrected chi connectivity index (χ4v) is 2.84. The molecular weight excluding hydrogens is 264 g/mol. The number of amides is 2. The molecule has 2 amide bonds. The molecule has 1 aromatic heterocycles. The smallest absolute Gasteiger partial charge is 0.243 e. The first-order chi connectivity index (χ1) is 9.08. The predicted octanol–water partition coefficient (Wildman–Crippen LogP) is 0.742. The van der Waals surface area contributed by atoms with Gasteiger partial charge in [0.1, 0.15) is 6.04 Å². The van der Waals surface area contributed by atoms with Gasteiger partial charge in [0.2, 0.25) is 11.8 Å². The van der Waals surface area contributed by atoms with Crippen molar-refractivity contribution in [3.63, 3.8) is 0 Å². The number of thiazole rings is 1. The molecule has 7 heteroatoms. The third-order valence-corrected chi connectivity index (χ3v) is 3.95. The zero-order valence-corrected chi connectivity index (χ0v) is 11.7. The first-order valence-electron chi connectivity index (χ1n) is 6.32. The van der Waals surface area contributed by atoms with E-state index >= 15 is 0 Å². The second-order valence-corrected chi connectivity index (χ2v) is 5.51. The lowest BCUT2D eigenvalue weighted by molar-refractivity contribution is -0.140. The van der Waals surface area contributed by atoms with Crippen LogP contribution in [-0.4, -0.2) is 34.3 Å². The van der Waals surface area contributed by atoms with E-state index in [1.165, 1.54) is 18.3 Å². The first-order valence-corrected chi connectivity index (χ1v) is 7.20. The predicted molar refractivity (Wildman–Crippen MR) is 73.4 cm³/mol. The summed E-state index contributed by atoms with van der Waals surface area (Å²) in [5.74, 6) is -0.153. The fraction of sp³-hybridized carbons (Fsp3) is 0.583. The van der Waals surface area contributed by atoms with E-state index in [4.69, 9.17) is 5.73 Å². The Kier molecular flexibility index (Phi) is 4.36. The number of nitrogen functional groups attached to an aromatic ring is 1. The molecule has 0 spiro atoms. The number of anilines is 1. The molecule has 6 nitrogen and oxygen atoms in total. The van der Waals surface area contributed by atoms with E-state index in [1.54, 1.807) is 4.90 Å². The van der Waals surface area contributed by atoms with Gasteiger partial charge < -0.3 is 16.0 Å². The van der Waals surface area contributed by atoms with E-state index in [-0.39, 0.29) is 17.9 Å². The number of nitrogens with zero attached hydrogens (tertiary/aromatic N) is 2. The lowest BCUT2D eigenvalue weighted by Gasteiger charge is -2.33. The van der Waals surface area contributed by atoms with Gasteiger partial charge in [0, 0.05) is 18.8 Å². The Morgan fingerprint density at radius 1 is 1.58 bits per heavy atom. The van der Waals surface area contributed by atoms with Gasteiger partial charge in [0.05, 0.1) is 12.2 Å². The van der Waals surface area contributed by atoms with Crippen LogP contribution in [-0.2, 0) is 16.1 Å². The van der Waals surface area contributed by atoms with E-state index in [0.29, 0.717) is 18.2 Å². The molecule has 0 aromatic carbocycles. The van der Waals surface area contributed by atoms with Crippen LogP contribution in [0.1, 0.15) is 31.9 Å². The normalized spacial score (nSPS) is 19.2. The summed E-state index contributed by atoms with van der Waals surface area (Å²) in [5.41, 5.74) is 6.28. The van der Waals surface area contributed by atoms with Crippen LogP contribution in [0.15, 0.2) is 5.38 Å². The zero-order chi connectivity index (χ0) is 13.8. The van der Waals surface area contributed by atoms with E-state index in [9.17, 15) is 9.59 Å². The van der Waals surface area contributed by atoms with Gasteiger partial charge in [0.15, 0.2) is 5.13 Å². The molecule has 3 N–H and O–H groups in total. The van der Waals surface area contributed by atoms with Gasteiger partial charge in [-0.2, -0.15) is 0 Å². The molecule has 1 fully saturated rings. The Labute approximate surface area is 116 Å². The summed E-state index contributed by atoms with van der Waals surface area (Å²) in [5, 5.41) is 5.13. The van der Waals surface area contributed by atoms with Crippen molar-refractivity contribution in [2.24, 2.45) is 0 Å². The molecule has 1 atom stereocenters. The van der Waals surface area contributed by atoms with Gasteiger partial charge in [-0.3, -0.25) is 9.59 Å². The van der Waals surface area contributed by atoms with Crippen molar-refractivity contribution in [2.75, 3.05) is 12.3 Å². The molecule has 1 aromatic rings. The monoisotopic (exact) mass is 282 g/mol. The number of rotatable bonds is 3. The van der Waals surface area contributed by atoms with Crippen LogP contribution in [0.3, 0.4) is 0 Å². The summed E-state index contributed by atoms with van der Waals surface area (Å²) >= 11 is 1.35. The number of likely N-dealkylation sites (tertiary alicyclic amines) is 1. The van der Waals surface area contributed by atoms with Crippen molar-refractivity contribution in [1.29, 1.82) is 0 Å². The lowest BCUT2D eigenvalue weighted by Crippen LogP contribution is -2.51. The van der Waals surface area contributed by atoms with Gasteiger partial charge in [-0.25, -0.2) is 4.98 Å². The number of aromatic nitrogens is 1. The van der Waals surface area contributed by atoms with Crippen molar-refractivity contribution in [1.82, 2.24) is 15.2 Å². The van der Waals surface area contributed by atoms with E-state index in [2.05, 4.69) is 10.3 Å². The topological polar surface area (TPSA) is 88.3 Å². The van der Waals surface area contributed by atoms with Crippen molar-refractivity contribution in [2.45, 2.75) is 38.8 Å². The molecule has 1 saturated heterocycles. The highest BCUT2D eigenvalue weighted by Gasteiger charge is 2.30. The van der Waals surface area contributed by atoms with E-state index in [0.717, 1.165) is 25.0 Å². The highest BCUT2D eigenvalue weighted by atomic mass is 32.1. The summed E-state index contributed by atoms with van der Waals surface area (Å²) < 4.78 is 0. The van der Waals surface area contributed by atoms with Crippen LogP contribution in [0.2, 0.25) is 0 Å². The van der Waals surface area contributed by atoms with Crippen molar-refractivity contribution < 1.29 is 9.59 Å². The number of hydrogen-bond donors (Lipinski definition) is 2. The summed E-state index contributed by atoms with van der Waals surface area (Å²) in [6.07, 6.45) is 2.67. The van der Waals surface area contributed by atoms with E-state index in [1.807, 2.05) is 5.38 Å². The SMILES string of the molecule is CC(=O)N1CCCCC1C(=O)NCc1csc(N)n1. The van der Waals surface area contributed by atoms with E-state index < -0.39 is 0 Å². The highest BCUT2D eigenvalue weighted by Crippen LogP contribution is 2.17. The number of piperidine rings is 1. The van der Waals surface area contributed by atoms with Crippen LogP contribution in [0.4, 0.5) is 5.13 Å². The molecule has 19 heavy (non-hydrogen) atoms. The summed E-state index contributed by atoms with van der Waals surface area (Å²) in [7, 11) is 0. The standard InChI is InChI=1S/C12H18N4O2S/c1-8(17)16-5-3-2-4-10(16)11(18)14-6-9-7-19-12(13)15-9/h7,10H,2-6H2,1H3,(H2,13,15)(H,14,18). The Morgan fingerprint density at radius 2 is 2.37 bits per heavy atom. The molecule has 1 aliphatic heterocycles. The minimum Gasteiger partial charge on any atom is -0.375 e. The third kappa shape index (κ3) is 3.44. The molecule has 104 valence electrons. The molecule has 0 radical (unpaired) electrons. The summed E-state index contributed by atoms with van der Waals surface area (Å²) in [6.45, 7) is 2.53. The minimum atomic E-state index is -0.345. The van der Waals surface area contributed by atoms with Gasteiger partial charge in [0.25, 0.3) is 0 Å². The molecule has 0 aliphatic carbocycles. The third-order valence-electron chi connectivity index (χ3n) is 3.22. The number of carbonyl (C=O) groups excluding carboxylic acids is 2. The van der Waals surface area contributed by atoms with Crippen LogP contribution >= 0.6 is 11.3 Å². The Bertz CT molecular complexity index is 474. The largest absolute Gasteiger partial charge is 0.375 e. The Balaban J connectivity index is 1.92. The maximum absolute atomic E-state index is 12.1. The Morgan fingerprint density at radius 3 is 3.00 bits per heavy atom. The van der Waals surface area contributed by atoms with Gasteiger partial charge in [-0.1, -0.05) is 0 Å². The minimum absolute atomic E-state index is 0.0437. The van der Waals surface area contributed by atoms with Gasteiger partial charge in [-0.15, -0.1) is 11.3 Å². The molecule has 1 aliphatic rings. The maximum Gasteiger partial charge on any atom is 0.243 e. The fourth-order valence-electron chi connectivity index (χ4n) is 2.28. The van der Waals surface area contributed by atoms with Crippen LogP contribution < -0.4 is 11.1 Å². The average Bonchev–Trinajstić information content (AvgIpc) is 2.81. The second kappa shape index (κ2) is 6.01. The van der Waals surface area contributed by atoms with Crippen molar-refractivity contribution >= 4 is 28.3 Å². The molecule has 2 rings (SSSR count). The number of carbonyl (C=O) groups is 2. The first kappa shape index (κ1) is 13.8. The summed E-state index contributed by atoms with van der Waals surface area (Å²) in [4.78, 5) is 29.4. The molecule has 0 saturated carbocycles. The highest BCUT2D eigenvalue weighted by molar-refractivity contribution is 7.13. The average molecular weight is 282 g/mol. The molecule has 2 heterocycles. The Hall–Kier alpha value is -1.63. The number of hydrogen-bond acceptors (Lipinski definition) is 5. The van der Waals surface area contributed by atoms with Gasteiger partial charge >= 0.3 is 0 Å². The van der Waals surface area contributed by atoms with Crippen molar-refractivity contribution in [3.05, 3.63) is 11.1 Å².